The number of nitrogens with two attached hydrogens (primary N) is 1. The summed E-state index contributed by atoms with van der Waals surface area (Å²) in [6.45, 7) is 5.33. The zero-order valence-electron chi connectivity index (χ0n) is 11.3. The smallest absolute Gasteiger partial charge is 0.340 e. The second-order valence-corrected chi connectivity index (χ2v) is 3.98. The predicted octanol–water partition coefficient (Wildman–Crippen LogP) is 2.19. The summed E-state index contributed by atoms with van der Waals surface area (Å²) in [6.07, 6.45) is 0.403. The summed E-state index contributed by atoms with van der Waals surface area (Å²) < 4.78 is 5.04. The molecule has 102 valence electrons. The van der Waals surface area contributed by atoms with Gasteiger partial charge in [-0.3, -0.25) is 0 Å². The van der Waals surface area contributed by atoms with Crippen LogP contribution in [0.2, 0.25) is 0 Å². The lowest BCUT2D eigenvalue weighted by Gasteiger charge is -2.24. The van der Waals surface area contributed by atoms with Gasteiger partial charge in [0.15, 0.2) is 0 Å². The molecule has 0 aromatic heterocycles. The number of benzene rings is 1. The number of carbonyl (C=O) groups is 1. The average Bonchev–Trinajstić information content (AvgIpc) is 2.41. The topological polar surface area (TPSA) is 79.3 Å². The fourth-order valence-corrected chi connectivity index (χ4v) is 1.84. The molecular weight excluding hydrogens is 242 g/mol. The van der Waals surface area contributed by atoms with Gasteiger partial charge in [-0.15, -0.1) is 0 Å². The van der Waals surface area contributed by atoms with Gasteiger partial charge in [0.05, 0.1) is 30.3 Å². The molecule has 0 spiro atoms. The number of ether oxygens (including phenoxy) is 1. The Morgan fingerprint density at radius 2 is 2.21 bits per heavy atom. The molecule has 0 heterocycles. The van der Waals surface area contributed by atoms with E-state index in [1.54, 1.807) is 25.1 Å². The quantitative estimate of drug-likeness (QED) is 0.627. The van der Waals surface area contributed by atoms with E-state index in [0.717, 1.165) is 5.69 Å². The lowest BCUT2D eigenvalue weighted by atomic mass is 10.1. The van der Waals surface area contributed by atoms with Crippen molar-refractivity contribution in [3.8, 4) is 6.07 Å². The first kappa shape index (κ1) is 14.8. The van der Waals surface area contributed by atoms with Crippen LogP contribution in [0.3, 0.4) is 0 Å². The lowest BCUT2D eigenvalue weighted by molar-refractivity contribution is 0.0527. The number of nitriles is 1. The maximum absolute atomic E-state index is 11.9. The highest BCUT2D eigenvalue weighted by Crippen LogP contribution is 2.24. The summed E-state index contributed by atoms with van der Waals surface area (Å²) in [5, 5.41) is 8.68. The molecule has 19 heavy (non-hydrogen) atoms. The number of hydrogen-bond donors (Lipinski definition) is 1. The van der Waals surface area contributed by atoms with Gasteiger partial charge in [0.2, 0.25) is 0 Å². The van der Waals surface area contributed by atoms with Crippen LogP contribution in [-0.4, -0.2) is 25.7 Å². The Labute approximate surface area is 113 Å². The highest BCUT2D eigenvalue weighted by atomic mass is 16.5. The number of nitrogen functional groups attached to an aromatic ring is 1. The molecule has 0 amide bonds. The largest absolute Gasteiger partial charge is 0.462 e. The molecule has 1 aromatic carbocycles. The Morgan fingerprint density at radius 3 is 2.79 bits per heavy atom. The first-order chi connectivity index (χ1) is 9.13. The molecule has 1 rings (SSSR count). The van der Waals surface area contributed by atoms with E-state index in [0.29, 0.717) is 37.4 Å². The molecule has 0 saturated heterocycles. The summed E-state index contributed by atoms with van der Waals surface area (Å²) in [4.78, 5) is 13.9. The molecule has 0 aliphatic rings. The van der Waals surface area contributed by atoms with Crippen molar-refractivity contribution < 1.29 is 9.53 Å². The van der Waals surface area contributed by atoms with Crippen molar-refractivity contribution in [1.82, 2.24) is 0 Å². The SMILES string of the molecule is CCOC(=O)c1cc(N)ccc1N(CC)CCC#N. The molecule has 0 radical (unpaired) electrons. The van der Waals surface area contributed by atoms with Gasteiger partial charge in [0, 0.05) is 18.8 Å². The highest BCUT2D eigenvalue weighted by Gasteiger charge is 2.17. The van der Waals surface area contributed by atoms with E-state index >= 15 is 0 Å². The van der Waals surface area contributed by atoms with Crippen molar-refractivity contribution in [2.45, 2.75) is 20.3 Å². The van der Waals surface area contributed by atoms with E-state index in [1.165, 1.54) is 0 Å². The first-order valence-electron chi connectivity index (χ1n) is 6.32. The van der Waals surface area contributed by atoms with Gasteiger partial charge in [-0.05, 0) is 32.0 Å². The standard InChI is InChI=1S/C14H19N3O2/c1-3-17(9-5-8-15)13-7-6-11(16)10-12(13)14(18)19-4-2/h6-7,10H,3-5,9,16H2,1-2H3. The Morgan fingerprint density at radius 1 is 1.47 bits per heavy atom. The average molecular weight is 261 g/mol. The second kappa shape index (κ2) is 7.27. The van der Waals surface area contributed by atoms with Crippen molar-refractivity contribution in [2.75, 3.05) is 30.3 Å². The summed E-state index contributed by atoms with van der Waals surface area (Å²) in [6, 6.07) is 7.26. The van der Waals surface area contributed by atoms with Crippen LogP contribution in [0.15, 0.2) is 18.2 Å². The fraction of sp³-hybridized carbons (Fsp3) is 0.429. The van der Waals surface area contributed by atoms with Gasteiger partial charge >= 0.3 is 5.97 Å². The second-order valence-electron chi connectivity index (χ2n) is 3.98. The number of esters is 1. The van der Waals surface area contributed by atoms with Crippen molar-refractivity contribution in [1.29, 1.82) is 5.26 Å². The number of carbonyl (C=O) groups excluding carboxylic acids is 1. The molecule has 0 atom stereocenters. The normalized spacial score (nSPS) is 9.74. The maximum atomic E-state index is 11.9. The first-order valence-corrected chi connectivity index (χ1v) is 6.32. The molecule has 0 saturated carbocycles. The molecule has 0 bridgehead atoms. The number of rotatable bonds is 6. The third-order valence-electron chi connectivity index (χ3n) is 2.73. The minimum Gasteiger partial charge on any atom is -0.462 e. The lowest BCUT2D eigenvalue weighted by Crippen LogP contribution is -2.26. The van der Waals surface area contributed by atoms with Crippen molar-refractivity contribution in [3.05, 3.63) is 23.8 Å². The van der Waals surface area contributed by atoms with Crippen LogP contribution in [-0.2, 0) is 4.74 Å². The summed E-state index contributed by atoms with van der Waals surface area (Å²) in [7, 11) is 0. The summed E-state index contributed by atoms with van der Waals surface area (Å²) >= 11 is 0. The molecule has 0 fully saturated rings. The summed E-state index contributed by atoms with van der Waals surface area (Å²) in [5.74, 6) is -0.389. The van der Waals surface area contributed by atoms with E-state index < -0.39 is 0 Å². The third-order valence-corrected chi connectivity index (χ3v) is 2.73. The van der Waals surface area contributed by atoms with E-state index in [9.17, 15) is 4.79 Å². The van der Waals surface area contributed by atoms with E-state index in [1.807, 2.05) is 11.8 Å². The molecule has 0 unspecified atom stereocenters. The third kappa shape index (κ3) is 3.88. The minimum absolute atomic E-state index is 0.317. The fourth-order valence-electron chi connectivity index (χ4n) is 1.84. The van der Waals surface area contributed by atoms with Crippen LogP contribution in [0, 0.1) is 11.3 Å². The monoisotopic (exact) mass is 261 g/mol. The molecular formula is C14H19N3O2. The van der Waals surface area contributed by atoms with Crippen LogP contribution >= 0.6 is 0 Å². The van der Waals surface area contributed by atoms with Gasteiger partial charge in [-0.1, -0.05) is 0 Å². The predicted molar refractivity (Wildman–Crippen MR) is 74.9 cm³/mol. The van der Waals surface area contributed by atoms with Crippen LogP contribution in [0.5, 0.6) is 0 Å². The highest BCUT2D eigenvalue weighted by molar-refractivity contribution is 5.97. The molecule has 5 nitrogen and oxygen atoms in total. The number of nitrogens with zero attached hydrogens (tertiary/aromatic N) is 2. The van der Waals surface area contributed by atoms with Crippen molar-refractivity contribution >= 4 is 17.3 Å². The Bertz CT molecular complexity index is 480. The van der Waals surface area contributed by atoms with Gasteiger partial charge in [0.1, 0.15) is 0 Å². The van der Waals surface area contributed by atoms with Crippen molar-refractivity contribution in [2.24, 2.45) is 0 Å². The van der Waals surface area contributed by atoms with Gasteiger partial charge in [-0.25, -0.2) is 4.79 Å². The minimum atomic E-state index is -0.389. The molecule has 5 heteroatoms. The van der Waals surface area contributed by atoms with Gasteiger partial charge in [-0.2, -0.15) is 5.26 Å². The molecule has 0 aliphatic heterocycles. The van der Waals surface area contributed by atoms with E-state index in [-0.39, 0.29) is 5.97 Å². The van der Waals surface area contributed by atoms with E-state index in [2.05, 4.69) is 6.07 Å². The molecule has 2 N–H and O–H groups in total. The Hall–Kier alpha value is -2.22. The van der Waals surface area contributed by atoms with Crippen molar-refractivity contribution in [3.63, 3.8) is 0 Å². The van der Waals surface area contributed by atoms with E-state index in [4.69, 9.17) is 15.7 Å². The van der Waals surface area contributed by atoms with Crippen LogP contribution < -0.4 is 10.6 Å². The zero-order valence-corrected chi connectivity index (χ0v) is 11.3. The number of hydrogen-bond acceptors (Lipinski definition) is 5. The van der Waals surface area contributed by atoms with Crippen LogP contribution in [0.4, 0.5) is 11.4 Å². The van der Waals surface area contributed by atoms with Gasteiger partial charge in [0.25, 0.3) is 0 Å². The zero-order chi connectivity index (χ0) is 14.3. The van der Waals surface area contributed by atoms with Crippen LogP contribution in [0.1, 0.15) is 30.6 Å². The maximum Gasteiger partial charge on any atom is 0.340 e. The summed E-state index contributed by atoms with van der Waals surface area (Å²) in [5.41, 5.74) is 7.44. The van der Waals surface area contributed by atoms with Gasteiger partial charge < -0.3 is 15.4 Å². The Kier molecular flexibility index (Phi) is 5.68. The van der Waals surface area contributed by atoms with Crippen LogP contribution in [0.25, 0.3) is 0 Å². The Balaban J connectivity index is 3.10. The number of anilines is 2. The molecule has 0 aliphatic carbocycles. The molecule has 1 aromatic rings.